The summed E-state index contributed by atoms with van der Waals surface area (Å²) in [6.45, 7) is 7.18. The largest absolute Gasteiger partial charge is 0.484 e. The molecule has 0 fully saturated rings. The van der Waals surface area contributed by atoms with Crippen LogP contribution in [0.4, 0.5) is 5.00 Å². The van der Waals surface area contributed by atoms with Gasteiger partial charge in [0.15, 0.2) is 17.6 Å². The molecule has 4 rings (SSSR count). The van der Waals surface area contributed by atoms with Crippen LogP contribution in [0.5, 0.6) is 5.75 Å². The topological polar surface area (TPSA) is 151 Å². The van der Waals surface area contributed by atoms with E-state index in [4.69, 9.17) is 25.8 Å². The van der Waals surface area contributed by atoms with Crippen molar-refractivity contribution in [2.75, 3.05) is 25.1 Å². The van der Waals surface area contributed by atoms with E-state index in [2.05, 4.69) is 20.8 Å². The number of benzene rings is 2. The lowest BCUT2D eigenvalue weighted by molar-refractivity contribution is -0.123. The van der Waals surface area contributed by atoms with Gasteiger partial charge < -0.3 is 29.4 Å². The summed E-state index contributed by atoms with van der Waals surface area (Å²) < 4.78 is 17.7. The van der Waals surface area contributed by atoms with Crippen LogP contribution >= 0.6 is 34.7 Å². The fourth-order valence-corrected chi connectivity index (χ4v) is 6.32. The van der Waals surface area contributed by atoms with Gasteiger partial charge in [-0.1, -0.05) is 53.7 Å². The molecular formula is C32H34ClN5O7S2. The zero-order valence-corrected chi connectivity index (χ0v) is 28.6. The van der Waals surface area contributed by atoms with Crippen molar-refractivity contribution in [1.82, 2.24) is 20.1 Å². The number of nitrogens with zero attached hydrogens (tertiary/aromatic N) is 3. The lowest BCUT2D eigenvalue weighted by Gasteiger charge is -2.14. The molecule has 2 aromatic heterocycles. The van der Waals surface area contributed by atoms with Crippen LogP contribution in [0.2, 0.25) is 5.02 Å². The molecule has 0 saturated heterocycles. The first kappa shape index (κ1) is 35.5. The van der Waals surface area contributed by atoms with Gasteiger partial charge in [0.05, 0.1) is 37.1 Å². The number of thioether (sulfide) groups is 1. The number of esters is 2. The second kappa shape index (κ2) is 17.0. The predicted octanol–water partition coefficient (Wildman–Crippen LogP) is 5.52. The first-order valence-corrected chi connectivity index (χ1v) is 16.7. The fraction of sp³-hybridized carbons (Fsp3) is 0.312. The fourth-order valence-electron chi connectivity index (χ4n) is 4.24. The SMILES string of the molecule is CCOC(=O)c1sc(NC(=O)[C@@H](C)Sc2nnc(CNC(=O)COc3ccc(Cl)cc3)n2Cc2ccccc2)c(C(=O)OCC)c1C. The number of aromatic nitrogens is 3. The molecule has 2 amide bonds. The lowest BCUT2D eigenvalue weighted by Crippen LogP contribution is -2.29. The second-order valence-electron chi connectivity index (χ2n) is 9.94. The summed E-state index contributed by atoms with van der Waals surface area (Å²) in [7, 11) is 0. The van der Waals surface area contributed by atoms with E-state index < -0.39 is 23.1 Å². The maximum atomic E-state index is 13.4. The van der Waals surface area contributed by atoms with Crippen LogP contribution in [0.25, 0.3) is 0 Å². The summed E-state index contributed by atoms with van der Waals surface area (Å²) in [5.74, 6) is -1.05. The van der Waals surface area contributed by atoms with Crippen molar-refractivity contribution in [2.24, 2.45) is 0 Å². The minimum atomic E-state index is -0.701. The standard InChI is InChI=1S/C32H34ClN5O7S2/c1-5-43-30(41)26-19(3)27(31(42)44-6-2)47-29(26)35-28(40)20(4)46-32-37-36-24(38(32)17-21-10-8-7-9-11-21)16-34-25(39)18-45-23-14-12-22(33)13-15-23/h7-15,20H,5-6,16-18H2,1-4H3,(H,34,39)(H,35,40)/t20-/m1/s1. The van der Waals surface area contributed by atoms with Crippen molar-refractivity contribution in [3.8, 4) is 5.75 Å². The Kier molecular flexibility index (Phi) is 12.8. The van der Waals surface area contributed by atoms with Gasteiger partial charge in [-0.05, 0) is 63.1 Å². The van der Waals surface area contributed by atoms with Crippen molar-refractivity contribution in [1.29, 1.82) is 0 Å². The number of rotatable bonds is 15. The predicted molar refractivity (Wildman–Crippen MR) is 179 cm³/mol. The molecule has 47 heavy (non-hydrogen) atoms. The van der Waals surface area contributed by atoms with E-state index in [1.807, 2.05) is 34.9 Å². The number of ether oxygens (including phenoxy) is 3. The highest BCUT2D eigenvalue weighted by atomic mass is 35.5. The third-order valence-electron chi connectivity index (χ3n) is 6.58. The number of anilines is 1. The quantitative estimate of drug-likeness (QED) is 0.120. The molecule has 12 nitrogen and oxygen atoms in total. The minimum Gasteiger partial charge on any atom is -0.484 e. The van der Waals surface area contributed by atoms with Crippen molar-refractivity contribution in [2.45, 2.75) is 51.2 Å². The Bertz CT molecular complexity index is 1710. The van der Waals surface area contributed by atoms with Gasteiger partial charge >= 0.3 is 11.9 Å². The lowest BCUT2D eigenvalue weighted by atomic mass is 10.1. The Hall–Kier alpha value is -4.40. The van der Waals surface area contributed by atoms with E-state index >= 15 is 0 Å². The van der Waals surface area contributed by atoms with Crippen LogP contribution in [0.3, 0.4) is 0 Å². The van der Waals surface area contributed by atoms with E-state index in [1.165, 1.54) is 0 Å². The van der Waals surface area contributed by atoms with Crippen molar-refractivity contribution in [3.63, 3.8) is 0 Å². The molecule has 0 radical (unpaired) electrons. The highest BCUT2D eigenvalue weighted by Gasteiger charge is 2.29. The first-order valence-electron chi connectivity index (χ1n) is 14.7. The van der Waals surface area contributed by atoms with Gasteiger partial charge in [0.1, 0.15) is 15.6 Å². The van der Waals surface area contributed by atoms with Gasteiger partial charge in [0, 0.05) is 5.02 Å². The number of nitrogens with one attached hydrogen (secondary N) is 2. The third kappa shape index (κ3) is 9.56. The molecule has 0 aliphatic carbocycles. The Labute approximate surface area is 285 Å². The normalized spacial score (nSPS) is 11.4. The molecule has 2 N–H and O–H groups in total. The first-order chi connectivity index (χ1) is 22.6. The summed E-state index contributed by atoms with van der Waals surface area (Å²) in [4.78, 5) is 51.5. The average Bonchev–Trinajstić information content (AvgIpc) is 3.59. The summed E-state index contributed by atoms with van der Waals surface area (Å²) >= 11 is 8.01. The smallest absolute Gasteiger partial charge is 0.348 e. The van der Waals surface area contributed by atoms with Crippen LogP contribution in [0.15, 0.2) is 59.8 Å². The number of halogens is 1. The zero-order chi connectivity index (χ0) is 33.9. The molecule has 0 spiro atoms. The molecule has 15 heteroatoms. The highest BCUT2D eigenvalue weighted by Crippen LogP contribution is 2.35. The minimum absolute atomic E-state index is 0.0673. The van der Waals surface area contributed by atoms with Gasteiger partial charge in [-0.2, -0.15) is 0 Å². The van der Waals surface area contributed by atoms with Crippen molar-refractivity contribution < 1.29 is 33.4 Å². The summed E-state index contributed by atoms with van der Waals surface area (Å²) in [5, 5.41) is 14.7. The van der Waals surface area contributed by atoms with E-state index in [0.717, 1.165) is 28.7 Å². The maximum Gasteiger partial charge on any atom is 0.348 e. The zero-order valence-electron chi connectivity index (χ0n) is 26.2. The number of hydrogen-bond donors (Lipinski definition) is 2. The van der Waals surface area contributed by atoms with E-state index in [9.17, 15) is 19.2 Å². The number of hydrogen-bond acceptors (Lipinski definition) is 11. The molecule has 4 aromatic rings. The van der Waals surface area contributed by atoms with E-state index in [-0.39, 0.29) is 47.7 Å². The van der Waals surface area contributed by atoms with Crippen LogP contribution in [0.1, 0.15) is 57.8 Å². The molecular weight excluding hydrogens is 666 g/mol. The van der Waals surface area contributed by atoms with Crippen molar-refractivity contribution in [3.05, 3.63) is 87.0 Å². The molecule has 0 bridgehead atoms. The van der Waals surface area contributed by atoms with Crippen molar-refractivity contribution >= 4 is 63.5 Å². The van der Waals surface area contributed by atoms with E-state index in [0.29, 0.717) is 33.9 Å². The summed E-state index contributed by atoms with van der Waals surface area (Å²) in [6, 6.07) is 16.3. The molecule has 2 aromatic carbocycles. The van der Waals surface area contributed by atoms with Crippen LogP contribution < -0.4 is 15.4 Å². The van der Waals surface area contributed by atoms with Gasteiger partial charge in [-0.15, -0.1) is 21.5 Å². The number of thiophene rings is 1. The molecule has 0 aliphatic heterocycles. The number of carbonyl (C=O) groups is 4. The summed E-state index contributed by atoms with van der Waals surface area (Å²) in [6.07, 6.45) is 0. The monoisotopic (exact) mass is 699 g/mol. The van der Waals surface area contributed by atoms with Gasteiger partial charge in [0.25, 0.3) is 5.91 Å². The molecule has 1 atom stereocenters. The van der Waals surface area contributed by atoms with Gasteiger partial charge in [-0.3, -0.25) is 9.59 Å². The van der Waals surface area contributed by atoms with Crippen LogP contribution in [-0.2, 0) is 32.2 Å². The van der Waals surface area contributed by atoms with Crippen LogP contribution in [0, 0.1) is 6.92 Å². The van der Waals surface area contributed by atoms with Crippen LogP contribution in [-0.4, -0.2) is 63.6 Å². The maximum absolute atomic E-state index is 13.4. The van der Waals surface area contributed by atoms with E-state index in [1.54, 1.807) is 52.0 Å². The molecule has 0 saturated carbocycles. The molecule has 2 heterocycles. The van der Waals surface area contributed by atoms with Gasteiger partial charge in [0.2, 0.25) is 5.91 Å². The van der Waals surface area contributed by atoms with Gasteiger partial charge in [-0.25, -0.2) is 9.59 Å². The Balaban J connectivity index is 1.49. The number of carbonyl (C=O) groups excluding carboxylic acids is 4. The average molecular weight is 700 g/mol. The Morgan fingerprint density at radius 3 is 2.34 bits per heavy atom. The number of amides is 2. The molecule has 248 valence electrons. The Morgan fingerprint density at radius 2 is 1.66 bits per heavy atom. The Morgan fingerprint density at radius 1 is 0.979 bits per heavy atom. The summed E-state index contributed by atoms with van der Waals surface area (Å²) in [5.41, 5.74) is 1.44. The molecule has 0 unspecified atom stereocenters. The molecule has 0 aliphatic rings. The highest BCUT2D eigenvalue weighted by molar-refractivity contribution is 8.00. The second-order valence-corrected chi connectivity index (χ2v) is 12.7. The third-order valence-corrected chi connectivity index (χ3v) is 9.10.